The molecule has 1 saturated heterocycles. The second-order valence-electron chi connectivity index (χ2n) is 6.52. The number of rotatable bonds is 6. The Hall–Kier alpha value is -1.97. The Morgan fingerprint density at radius 2 is 1.72 bits per heavy atom. The number of nitrogens with zero attached hydrogens (tertiary/aromatic N) is 1. The van der Waals surface area contributed by atoms with Gasteiger partial charge in [-0.1, -0.05) is 66.7 Å². The van der Waals surface area contributed by atoms with Crippen LogP contribution in [0.25, 0.3) is 10.8 Å². The molecule has 3 heteroatoms. The van der Waals surface area contributed by atoms with E-state index in [1.807, 2.05) is 11.8 Å². The number of ether oxygens (including phenoxy) is 1. The third kappa shape index (κ3) is 4.17. The predicted octanol–water partition coefficient (Wildman–Crippen LogP) is 4.84. The van der Waals surface area contributed by atoms with Crippen molar-refractivity contribution < 1.29 is 4.74 Å². The average Bonchev–Trinajstić information content (AvgIpc) is 3.13. The van der Waals surface area contributed by atoms with Gasteiger partial charge in [0.1, 0.15) is 12.4 Å². The Morgan fingerprint density at radius 1 is 0.920 bits per heavy atom. The van der Waals surface area contributed by atoms with Crippen LogP contribution in [0.3, 0.4) is 0 Å². The van der Waals surface area contributed by atoms with E-state index in [2.05, 4.69) is 77.7 Å². The molecule has 3 aromatic carbocycles. The standard InChI is InChI=1S/C22H23NOS/c1-2-7-18(8-3-1)13-14-23-15-20(25-17-23)16-24-22-12-6-10-19-9-4-5-11-21(19)22/h1-12,20H,13-17H2/t20-/m1/s1. The van der Waals surface area contributed by atoms with Crippen molar-refractivity contribution in [2.75, 3.05) is 25.6 Å². The van der Waals surface area contributed by atoms with Gasteiger partial charge in [-0.05, 0) is 23.4 Å². The Balaban J connectivity index is 1.29. The summed E-state index contributed by atoms with van der Waals surface area (Å²) in [5.41, 5.74) is 1.42. The fourth-order valence-corrected chi connectivity index (χ4v) is 4.43. The van der Waals surface area contributed by atoms with E-state index in [-0.39, 0.29) is 0 Å². The van der Waals surface area contributed by atoms with E-state index in [1.165, 1.54) is 16.3 Å². The van der Waals surface area contributed by atoms with Crippen LogP contribution in [0, 0.1) is 0 Å². The van der Waals surface area contributed by atoms with Crippen molar-refractivity contribution in [2.45, 2.75) is 11.7 Å². The maximum Gasteiger partial charge on any atom is 0.127 e. The average molecular weight is 349 g/mol. The van der Waals surface area contributed by atoms with E-state index in [4.69, 9.17) is 4.74 Å². The molecule has 1 atom stereocenters. The highest BCUT2D eigenvalue weighted by Gasteiger charge is 2.23. The summed E-state index contributed by atoms with van der Waals surface area (Å²) in [6.07, 6.45) is 1.12. The van der Waals surface area contributed by atoms with E-state index >= 15 is 0 Å². The highest BCUT2D eigenvalue weighted by atomic mass is 32.2. The lowest BCUT2D eigenvalue weighted by atomic mass is 10.1. The molecule has 0 spiro atoms. The van der Waals surface area contributed by atoms with Gasteiger partial charge in [0.05, 0.1) is 5.25 Å². The van der Waals surface area contributed by atoms with E-state index in [9.17, 15) is 0 Å². The fraction of sp³-hybridized carbons (Fsp3) is 0.273. The Bertz CT molecular complexity index is 815. The number of fused-ring (bicyclic) bond motifs is 1. The van der Waals surface area contributed by atoms with Crippen LogP contribution in [0.5, 0.6) is 5.75 Å². The summed E-state index contributed by atoms with van der Waals surface area (Å²) >= 11 is 2.01. The number of benzene rings is 3. The molecule has 2 nitrogen and oxygen atoms in total. The minimum Gasteiger partial charge on any atom is -0.492 e. The maximum atomic E-state index is 6.17. The molecule has 0 saturated carbocycles. The molecule has 0 radical (unpaired) electrons. The molecular weight excluding hydrogens is 326 g/mol. The second-order valence-corrected chi connectivity index (χ2v) is 7.78. The van der Waals surface area contributed by atoms with Gasteiger partial charge in [-0.3, -0.25) is 4.90 Å². The molecule has 4 rings (SSSR count). The molecule has 0 amide bonds. The van der Waals surface area contributed by atoms with Gasteiger partial charge in [-0.25, -0.2) is 0 Å². The Kier molecular flexibility index (Phi) is 5.24. The number of thioether (sulfide) groups is 1. The Labute approximate surface area is 153 Å². The first-order chi connectivity index (χ1) is 12.4. The lowest BCUT2D eigenvalue weighted by Crippen LogP contribution is -2.27. The summed E-state index contributed by atoms with van der Waals surface area (Å²) in [4.78, 5) is 2.54. The van der Waals surface area contributed by atoms with Gasteiger partial charge < -0.3 is 4.74 Å². The van der Waals surface area contributed by atoms with Gasteiger partial charge in [0.25, 0.3) is 0 Å². The zero-order chi connectivity index (χ0) is 16.9. The number of hydrogen-bond acceptors (Lipinski definition) is 3. The highest BCUT2D eigenvalue weighted by molar-refractivity contribution is 8.00. The summed E-state index contributed by atoms with van der Waals surface area (Å²) in [6, 6.07) is 25.5. The van der Waals surface area contributed by atoms with Crippen LogP contribution in [0.15, 0.2) is 72.8 Å². The zero-order valence-electron chi connectivity index (χ0n) is 14.3. The summed E-state index contributed by atoms with van der Waals surface area (Å²) in [7, 11) is 0. The smallest absolute Gasteiger partial charge is 0.127 e. The topological polar surface area (TPSA) is 12.5 Å². The molecule has 1 heterocycles. The fourth-order valence-electron chi connectivity index (χ4n) is 3.30. The van der Waals surface area contributed by atoms with Gasteiger partial charge in [0.2, 0.25) is 0 Å². The molecule has 1 fully saturated rings. The summed E-state index contributed by atoms with van der Waals surface area (Å²) in [6.45, 7) is 3.02. The molecule has 1 aliphatic rings. The molecule has 128 valence electrons. The summed E-state index contributed by atoms with van der Waals surface area (Å²) in [5, 5.41) is 2.99. The van der Waals surface area contributed by atoms with E-state index in [0.717, 1.165) is 37.7 Å². The van der Waals surface area contributed by atoms with Gasteiger partial charge in [-0.2, -0.15) is 0 Å². The molecule has 0 aliphatic carbocycles. The first-order valence-corrected chi connectivity index (χ1v) is 9.92. The third-order valence-electron chi connectivity index (χ3n) is 4.69. The molecule has 0 N–H and O–H groups in total. The van der Waals surface area contributed by atoms with Gasteiger partial charge >= 0.3 is 0 Å². The lowest BCUT2D eigenvalue weighted by molar-refractivity contribution is 0.282. The molecule has 25 heavy (non-hydrogen) atoms. The van der Waals surface area contributed by atoms with Crippen LogP contribution in [0.4, 0.5) is 0 Å². The lowest BCUT2D eigenvalue weighted by Gasteiger charge is -2.16. The van der Waals surface area contributed by atoms with E-state index in [0.29, 0.717) is 5.25 Å². The molecule has 3 aromatic rings. The normalized spacial score (nSPS) is 17.8. The maximum absolute atomic E-state index is 6.17. The van der Waals surface area contributed by atoms with Crippen LogP contribution < -0.4 is 4.74 Å². The van der Waals surface area contributed by atoms with Gasteiger partial charge in [-0.15, -0.1) is 11.8 Å². The largest absolute Gasteiger partial charge is 0.492 e. The van der Waals surface area contributed by atoms with Crippen molar-refractivity contribution in [3.05, 3.63) is 78.4 Å². The Morgan fingerprint density at radius 3 is 2.64 bits per heavy atom. The highest BCUT2D eigenvalue weighted by Crippen LogP contribution is 2.28. The van der Waals surface area contributed by atoms with Crippen molar-refractivity contribution >= 4 is 22.5 Å². The van der Waals surface area contributed by atoms with Crippen molar-refractivity contribution in [2.24, 2.45) is 0 Å². The molecule has 0 bridgehead atoms. The molecule has 1 aliphatic heterocycles. The van der Waals surface area contributed by atoms with Crippen LogP contribution in [-0.4, -0.2) is 35.7 Å². The first-order valence-electron chi connectivity index (χ1n) is 8.87. The van der Waals surface area contributed by atoms with Crippen LogP contribution in [0.1, 0.15) is 5.56 Å². The quantitative estimate of drug-likeness (QED) is 0.632. The molecule has 0 aromatic heterocycles. The predicted molar refractivity (Wildman–Crippen MR) is 107 cm³/mol. The van der Waals surface area contributed by atoms with Crippen LogP contribution in [0.2, 0.25) is 0 Å². The SMILES string of the molecule is c1ccc(CCN2CS[C@@H](COc3cccc4ccccc34)C2)cc1. The monoisotopic (exact) mass is 349 g/mol. The van der Waals surface area contributed by atoms with Crippen molar-refractivity contribution in [3.63, 3.8) is 0 Å². The van der Waals surface area contributed by atoms with Gasteiger partial charge in [0, 0.05) is 24.4 Å². The summed E-state index contributed by atoms with van der Waals surface area (Å²) in [5.74, 6) is 2.11. The van der Waals surface area contributed by atoms with Crippen molar-refractivity contribution in [1.29, 1.82) is 0 Å². The first kappa shape index (κ1) is 16.5. The van der Waals surface area contributed by atoms with Crippen LogP contribution in [-0.2, 0) is 6.42 Å². The van der Waals surface area contributed by atoms with E-state index in [1.54, 1.807) is 0 Å². The number of hydrogen-bond donors (Lipinski definition) is 0. The minimum atomic E-state index is 0.551. The third-order valence-corrected chi connectivity index (χ3v) is 5.96. The molecule has 0 unspecified atom stereocenters. The van der Waals surface area contributed by atoms with Crippen LogP contribution >= 0.6 is 11.8 Å². The van der Waals surface area contributed by atoms with E-state index < -0.39 is 0 Å². The van der Waals surface area contributed by atoms with Gasteiger partial charge in [0.15, 0.2) is 0 Å². The van der Waals surface area contributed by atoms with Crippen molar-refractivity contribution in [1.82, 2.24) is 4.90 Å². The second kappa shape index (κ2) is 7.94. The van der Waals surface area contributed by atoms with Crippen molar-refractivity contribution in [3.8, 4) is 5.75 Å². The molecular formula is C22H23NOS. The zero-order valence-corrected chi connectivity index (χ0v) is 15.1. The summed E-state index contributed by atoms with van der Waals surface area (Å²) < 4.78 is 6.17. The minimum absolute atomic E-state index is 0.551.